The molecular weight excluding hydrogens is 450 g/mol. The third kappa shape index (κ3) is 4.18. The van der Waals surface area contributed by atoms with Crippen molar-refractivity contribution in [2.45, 2.75) is 43.4 Å². The number of carbonyl (C=O) groups excluding carboxylic acids is 1. The number of ether oxygens (including phenoxy) is 1. The molecule has 174 valence electrons. The number of hydrogen-bond acceptors (Lipinski definition) is 5. The normalized spacial score (nSPS) is 24.8. The molecule has 2 fully saturated rings. The average Bonchev–Trinajstić information content (AvgIpc) is 3.62. The number of benzene rings is 1. The maximum Gasteiger partial charge on any atom is 0.349 e. The van der Waals surface area contributed by atoms with Crippen molar-refractivity contribution >= 4 is 28.6 Å². The van der Waals surface area contributed by atoms with E-state index in [2.05, 4.69) is 44.4 Å². The molecule has 3 aromatic rings. The van der Waals surface area contributed by atoms with Crippen LogP contribution < -0.4 is 0 Å². The number of rotatable bonds is 8. The van der Waals surface area contributed by atoms with Gasteiger partial charge in [0.1, 0.15) is 6.10 Å². The van der Waals surface area contributed by atoms with Crippen LogP contribution in [0.2, 0.25) is 0 Å². The first-order valence-corrected chi connectivity index (χ1v) is 13.5. The summed E-state index contributed by atoms with van der Waals surface area (Å²) in [5.41, 5.74) is -0.355. The Balaban J connectivity index is 1.32. The van der Waals surface area contributed by atoms with Gasteiger partial charge in [-0.15, -0.1) is 22.7 Å². The minimum atomic E-state index is -1.72. The number of nitrogens with zero attached hydrogens (tertiary/aromatic N) is 1. The fourth-order valence-electron chi connectivity index (χ4n) is 6.18. The summed E-state index contributed by atoms with van der Waals surface area (Å²) < 4.78 is 7.10. The molecule has 2 aliphatic carbocycles. The van der Waals surface area contributed by atoms with Gasteiger partial charge in [0.2, 0.25) is 5.60 Å². The van der Waals surface area contributed by atoms with Crippen LogP contribution in [-0.2, 0) is 21.6 Å². The Morgan fingerprint density at radius 3 is 2.30 bits per heavy atom. The van der Waals surface area contributed by atoms with Crippen molar-refractivity contribution in [2.24, 2.45) is 11.8 Å². The second-order valence-corrected chi connectivity index (χ2v) is 12.0. The molecule has 6 heteroatoms. The fraction of sp³-hybridized carbons (Fsp3) is 0.444. The first kappa shape index (κ1) is 22.8. The van der Waals surface area contributed by atoms with Crippen LogP contribution in [0.1, 0.15) is 34.6 Å². The van der Waals surface area contributed by atoms with Gasteiger partial charge in [-0.05, 0) is 47.7 Å². The zero-order valence-electron chi connectivity index (χ0n) is 19.2. The largest absolute Gasteiger partial charge is 0.459 e. The summed E-state index contributed by atoms with van der Waals surface area (Å²) in [5.74, 6) is 0.383. The summed E-state index contributed by atoms with van der Waals surface area (Å²) >= 11 is 2.78. The van der Waals surface area contributed by atoms with Crippen LogP contribution in [0.5, 0.6) is 0 Å². The van der Waals surface area contributed by atoms with Gasteiger partial charge in [-0.3, -0.25) is 0 Å². The number of aliphatic hydroxyl groups is 1. The second-order valence-electron chi connectivity index (χ2n) is 10.1. The van der Waals surface area contributed by atoms with Crippen LogP contribution in [0.15, 0.2) is 65.4 Å². The highest BCUT2D eigenvalue weighted by Crippen LogP contribution is 2.51. The van der Waals surface area contributed by atoms with Crippen LogP contribution in [0.3, 0.4) is 0 Å². The van der Waals surface area contributed by atoms with Crippen molar-refractivity contribution in [3.63, 3.8) is 0 Å². The Labute approximate surface area is 204 Å². The highest BCUT2D eigenvalue weighted by Gasteiger charge is 2.58. The molecule has 0 saturated heterocycles. The number of hydrogen-bond donors (Lipinski definition) is 1. The Bertz CT molecular complexity index is 1030. The Morgan fingerprint density at radius 2 is 1.70 bits per heavy atom. The van der Waals surface area contributed by atoms with Gasteiger partial charge in [-0.1, -0.05) is 42.5 Å². The zero-order valence-corrected chi connectivity index (χ0v) is 20.9. The van der Waals surface area contributed by atoms with E-state index < -0.39 is 11.6 Å². The summed E-state index contributed by atoms with van der Waals surface area (Å²) in [6.07, 6.45) is 4.12. The van der Waals surface area contributed by atoms with Gasteiger partial charge >= 0.3 is 5.97 Å². The number of likely N-dealkylation sites (N-methyl/N-ethyl adjacent to an activating group) is 1. The van der Waals surface area contributed by atoms with Gasteiger partial charge in [-0.2, -0.15) is 0 Å². The fourth-order valence-corrected chi connectivity index (χ4v) is 7.90. The Hall–Kier alpha value is -1.99. The van der Waals surface area contributed by atoms with E-state index in [4.69, 9.17) is 4.74 Å². The number of quaternary nitrogens is 1. The minimum Gasteiger partial charge on any atom is -0.459 e. The number of carbonyl (C=O) groups is 1. The molecule has 5 rings (SSSR count). The summed E-state index contributed by atoms with van der Waals surface area (Å²) in [6.45, 7) is 1.07. The molecule has 33 heavy (non-hydrogen) atoms. The average molecular weight is 483 g/mol. The van der Waals surface area contributed by atoms with Crippen LogP contribution in [0.25, 0.3) is 0 Å². The van der Waals surface area contributed by atoms with Crippen LogP contribution in [0.4, 0.5) is 0 Å². The quantitative estimate of drug-likeness (QED) is 0.360. The van der Waals surface area contributed by atoms with E-state index in [9.17, 15) is 9.90 Å². The zero-order chi connectivity index (χ0) is 23.1. The molecule has 0 radical (unpaired) electrons. The highest BCUT2D eigenvalue weighted by atomic mass is 32.1. The number of fused-ring (bicyclic) bond motifs is 2. The summed E-state index contributed by atoms with van der Waals surface area (Å²) in [6, 6.07) is 18.5. The molecular formula is C27H32NO3S2+. The van der Waals surface area contributed by atoms with Gasteiger partial charge in [0, 0.05) is 18.3 Å². The Morgan fingerprint density at radius 1 is 1.03 bits per heavy atom. The summed E-state index contributed by atoms with van der Waals surface area (Å²) in [4.78, 5) is 14.7. The van der Waals surface area contributed by atoms with Gasteiger partial charge < -0.3 is 14.3 Å². The molecule has 2 heterocycles. The van der Waals surface area contributed by atoms with E-state index in [0.29, 0.717) is 27.6 Å². The van der Waals surface area contributed by atoms with Crippen molar-refractivity contribution in [1.29, 1.82) is 0 Å². The molecule has 0 amide bonds. The highest BCUT2D eigenvalue weighted by molar-refractivity contribution is 7.12. The second kappa shape index (κ2) is 8.99. The lowest BCUT2D eigenvalue weighted by atomic mass is 9.96. The summed E-state index contributed by atoms with van der Waals surface area (Å²) in [5, 5.41) is 15.4. The lowest BCUT2D eigenvalue weighted by molar-refractivity contribution is -0.919. The lowest BCUT2D eigenvalue weighted by Gasteiger charge is -2.39. The topological polar surface area (TPSA) is 46.5 Å². The molecule has 1 N–H and O–H groups in total. The third-order valence-corrected chi connectivity index (χ3v) is 9.70. The van der Waals surface area contributed by atoms with Gasteiger partial charge in [0.25, 0.3) is 0 Å². The number of thiophene rings is 2. The van der Waals surface area contributed by atoms with Crippen molar-refractivity contribution in [3.05, 3.63) is 80.7 Å². The molecule has 0 aliphatic heterocycles. The van der Waals surface area contributed by atoms with Gasteiger partial charge in [0.05, 0.1) is 36.4 Å². The van der Waals surface area contributed by atoms with E-state index >= 15 is 0 Å². The number of esters is 1. The minimum absolute atomic E-state index is 0.123. The van der Waals surface area contributed by atoms with E-state index in [1.54, 1.807) is 0 Å². The van der Waals surface area contributed by atoms with Crippen LogP contribution in [0, 0.1) is 11.8 Å². The molecule has 4 atom stereocenters. The predicted octanol–water partition coefficient (Wildman–Crippen LogP) is 5.07. The molecule has 2 bridgehead atoms. The predicted molar refractivity (Wildman–Crippen MR) is 133 cm³/mol. The molecule has 0 spiro atoms. The maximum absolute atomic E-state index is 13.5. The van der Waals surface area contributed by atoms with Crippen LogP contribution >= 0.6 is 22.7 Å². The molecule has 4 nitrogen and oxygen atoms in total. The van der Waals surface area contributed by atoms with E-state index in [-0.39, 0.29) is 6.10 Å². The first-order chi connectivity index (χ1) is 15.9. The van der Waals surface area contributed by atoms with Crippen molar-refractivity contribution in [2.75, 3.05) is 20.6 Å². The standard InChI is InChI=1S/C27H32NO3S2/c1-28(2,15-14-19-8-4-3-5-9-19)25-20-12-13-21(25)22(18-20)31-26(29)27(30,23-10-6-16-32-23)24-11-7-17-33-24/h3-11,16-17,20-22,25,30H,12-15,18H2,1-2H3/q+1. The third-order valence-electron chi connectivity index (χ3n) is 7.74. The van der Waals surface area contributed by atoms with E-state index in [1.807, 2.05) is 35.0 Å². The molecule has 2 saturated carbocycles. The maximum atomic E-state index is 13.5. The van der Waals surface area contributed by atoms with Crippen LogP contribution in [-0.4, -0.2) is 48.3 Å². The van der Waals surface area contributed by atoms with Gasteiger partial charge in [0.15, 0.2) is 0 Å². The molecule has 1 aromatic carbocycles. The SMILES string of the molecule is C[N+](C)(CCc1ccccc1)C1C2CCC1C(OC(=O)C(O)(c1cccs1)c1cccs1)C2. The van der Waals surface area contributed by atoms with E-state index in [1.165, 1.54) is 34.7 Å². The molecule has 2 aromatic heterocycles. The molecule has 2 aliphatic rings. The smallest absolute Gasteiger partial charge is 0.349 e. The van der Waals surface area contributed by atoms with Crippen molar-refractivity contribution in [1.82, 2.24) is 0 Å². The van der Waals surface area contributed by atoms with Gasteiger partial charge in [-0.25, -0.2) is 4.79 Å². The monoisotopic (exact) mass is 482 g/mol. The Kier molecular flexibility index (Phi) is 6.21. The van der Waals surface area contributed by atoms with Crippen molar-refractivity contribution < 1.29 is 19.1 Å². The lowest BCUT2D eigenvalue weighted by Crippen LogP contribution is -2.53. The van der Waals surface area contributed by atoms with E-state index in [0.717, 1.165) is 30.3 Å². The summed E-state index contributed by atoms with van der Waals surface area (Å²) in [7, 11) is 4.66. The molecule has 4 unspecified atom stereocenters. The first-order valence-electron chi connectivity index (χ1n) is 11.8. The van der Waals surface area contributed by atoms with Crippen molar-refractivity contribution in [3.8, 4) is 0 Å².